The lowest BCUT2D eigenvalue weighted by Crippen LogP contribution is -2.32. The van der Waals surface area contributed by atoms with Crippen LogP contribution in [-0.2, 0) is 37.3 Å². The molecule has 6 aromatic rings. The number of rotatable bonds is 9. The minimum Gasteiger partial charge on any atom is -0.486 e. The Kier molecular flexibility index (Phi) is 7.87. The van der Waals surface area contributed by atoms with Gasteiger partial charge in [0.2, 0.25) is 0 Å². The first-order valence-corrected chi connectivity index (χ1v) is 15.3. The third-order valence-electron chi connectivity index (χ3n) is 6.54. The molecular weight excluding hydrogens is 587 g/mol. The van der Waals surface area contributed by atoms with Gasteiger partial charge in [0.05, 0.1) is 20.4 Å². The van der Waals surface area contributed by atoms with Gasteiger partial charge in [-0.3, -0.25) is 9.68 Å². The standard InChI is InChI=1S/C32H29N3O6S2/c1-18-28(20-15-19(13-14-21(20)33-18)38-16-26-34-22-9-5-7-11-24(22)42-26)29(30(36)40-32(2,3)4)31(37)41-39-17-27-35-23-10-6-8-12-25(23)43-27/h5-15,29,33H,16-17H2,1-4H3. The number of esters is 1. The minimum atomic E-state index is -1.40. The summed E-state index contributed by atoms with van der Waals surface area (Å²) in [4.78, 5) is 49.9. The second kappa shape index (κ2) is 11.8. The van der Waals surface area contributed by atoms with Crippen LogP contribution in [0.3, 0.4) is 0 Å². The van der Waals surface area contributed by atoms with Gasteiger partial charge < -0.3 is 14.5 Å². The molecule has 3 aromatic carbocycles. The van der Waals surface area contributed by atoms with E-state index < -0.39 is 23.5 Å². The number of para-hydroxylation sites is 2. The molecule has 0 bridgehead atoms. The number of carbonyl (C=O) groups excluding carboxylic acids is 2. The van der Waals surface area contributed by atoms with Crippen LogP contribution in [0.4, 0.5) is 0 Å². The van der Waals surface area contributed by atoms with Crippen molar-refractivity contribution in [3.63, 3.8) is 0 Å². The minimum absolute atomic E-state index is 0.0528. The molecule has 0 aliphatic carbocycles. The fraction of sp³-hybridized carbons (Fsp3) is 0.250. The zero-order valence-corrected chi connectivity index (χ0v) is 25.6. The first-order valence-electron chi connectivity index (χ1n) is 13.6. The van der Waals surface area contributed by atoms with Gasteiger partial charge in [-0.05, 0) is 70.2 Å². The molecule has 1 N–H and O–H groups in total. The Labute approximate surface area is 255 Å². The molecule has 0 aliphatic rings. The summed E-state index contributed by atoms with van der Waals surface area (Å²) in [5.41, 5.74) is 2.72. The predicted octanol–water partition coefficient (Wildman–Crippen LogP) is 7.38. The van der Waals surface area contributed by atoms with E-state index in [-0.39, 0.29) is 13.2 Å². The lowest BCUT2D eigenvalue weighted by molar-refractivity contribution is -0.281. The van der Waals surface area contributed by atoms with Crippen LogP contribution in [0, 0.1) is 6.92 Å². The molecule has 11 heteroatoms. The van der Waals surface area contributed by atoms with E-state index in [0.717, 1.165) is 31.0 Å². The molecule has 0 amide bonds. The molecule has 43 heavy (non-hydrogen) atoms. The quantitative estimate of drug-likeness (QED) is 0.0776. The van der Waals surface area contributed by atoms with E-state index in [0.29, 0.717) is 27.4 Å². The number of hydrogen-bond acceptors (Lipinski definition) is 10. The van der Waals surface area contributed by atoms with Crippen molar-refractivity contribution in [3.05, 3.63) is 88.0 Å². The summed E-state index contributed by atoms with van der Waals surface area (Å²) >= 11 is 3.01. The van der Waals surface area contributed by atoms with Crippen molar-refractivity contribution in [1.82, 2.24) is 15.0 Å². The van der Waals surface area contributed by atoms with Crippen molar-refractivity contribution in [2.75, 3.05) is 0 Å². The molecule has 6 rings (SSSR count). The largest absolute Gasteiger partial charge is 0.486 e. The zero-order valence-electron chi connectivity index (χ0n) is 24.0. The number of nitrogens with zero attached hydrogens (tertiary/aromatic N) is 2. The Balaban J connectivity index is 1.25. The number of thiazole rings is 2. The second-order valence-electron chi connectivity index (χ2n) is 10.9. The third-order valence-corrected chi connectivity index (χ3v) is 8.56. The van der Waals surface area contributed by atoms with Gasteiger partial charge in [0.1, 0.15) is 34.6 Å². The summed E-state index contributed by atoms with van der Waals surface area (Å²) in [6.45, 7) is 7.25. The summed E-state index contributed by atoms with van der Waals surface area (Å²) < 4.78 is 13.8. The number of fused-ring (bicyclic) bond motifs is 3. The Morgan fingerprint density at radius 2 is 1.49 bits per heavy atom. The highest BCUT2D eigenvalue weighted by atomic mass is 32.1. The number of H-pyrrole nitrogens is 1. The van der Waals surface area contributed by atoms with Gasteiger partial charge in [-0.1, -0.05) is 24.3 Å². The summed E-state index contributed by atoms with van der Waals surface area (Å²) in [5, 5.41) is 2.12. The van der Waals surface area contributed by atoms with Crippen LogP contribution in [-0.4, -0.2) is 32.5 Å². The first-order chi connectivity index (χ1) is 20.6. The van der Waals surface area contributed by atoms with Crippen molar-refractivity contribution in [2.45, 2.75) is 52.4 Å². The highest BCUT2D eigenvalue weighted by Crippen LogP contribution is 2.35. The van der Waals surface area contributed by atoms with Gasteiger partial charge in [0.25, 0.3) is 0 Å². The number of nitrogens with one attached hydrogen (secondary N) is 1. The van der Waals surface area contributed by atoms with E-state index in [1.807, 2.05) is 60.7 Å². The van der Waals surface area contributed by atoms with Gasteiger partial charge >= 0.3 is 11.9 Å². The topological polar surface area (TPSA) is 113 Å². The summed E-state index contributed by atoms with van der Waals surface area (Å²) in [6.07, 6.45) is 0. The summed E-state index contributed by atoms with van der Waals surface area (Å²) in [7, 11) is 0. The molecule has 1 unspecified atom stereocenters. The third kappa shape index (κ3) is 6.38. The second-order valence-corrected chi connectivity index (χ2v) is 13.2. The van der Waals surface area contributed by atoms with Gasteiger partial charge in [-0.2, -0.15) is 4.89 Å². The molecule has 3 aromatic heterocycles. The van der Waals surface area contributed by atoms with Gasteiger partial charge in [0.15, 0.2) is 5.92 Å². The summed E-state index contributed by atoms with van der Waals surface area (Å²) in [5.74, 6) is -2.47. The molecule has 9 nitrogen and oxygen atoms in total. The molecule has 0 radical (unpaired) electrons. The Hall–Kier alpha value is -4.32. The number of benzene rings is 3. The Bertz CT molecular complexity index is 1890. The molecule has 0 fully saturated rings. The normalized spacial score (nSPS) is 12.6. The number of carbonyl (C=O) groups is 2. The Morgan fingerprint density at radius 3 is 2.12 bits per heavy atom. The van der Waals surface area contributed by atoms with Gasteiger partial charge in [0, 0.05) is 22.2 Å². The van der Waals surface area contributed by atoms with E-state index in [2.05, 4.69) is 15.0 Å². The number of hydrogen-bond donors (Lipinski definition) is 1. The maximum Gasteiger partial charge on any atom is 0.361 e. The average molecular weight is 616 g/mol. The Morgan fingerprint density at radius 1 is 0.860 bits per heavy atom. The zero-order chi connectivity index (χ0) is 30.1. The monoisotopic (exact) mass is 615 g/mol. The lowest BCUT2D eigenvalue weighted by Gasteiger charge is -2.23. The average Bonchev–Trinajstić information content (AvgIpc) is 3.65. The highest BCUT2D eigenvalue weighted by molar-refractivity contribution is 7.18. The van der Waals surface area contributed by atoms with Crippen LogP contribution in [0.15, 0.2) is 66.7 Å². The van der Waals surface area contributed by atoms with E-state index in [1.165, 1.54) is 11.3 Å². The van der Waals surface area contributed by atoms with Crippen molar-refractivity contribution < 1.29 is 28.8 Å². The molecular formula is C32H29N3O6S2. The maximum absolute atomic E-state index is 13.5. The van der Waals surface area contributed by atoms with Crippen molar-refractivity contribution in [3.8, 4) is 5.75 Å². The lowest BCUT2D eigenvalue weighted by atomic mass is 9.95. The number of ether oxygens (including phenoxy) is 2. The van der Waals surface area contributed by atoms with Gasteiger partial charge in [-0.15, -0.1) is 22.7 Å². The molecule has 1 atom stereocenters. The highest BCUT2D eigenvalue weighted by Gasteiger charge is 2.38. The molecule has 220 valence electrons. The smallest absolute Gasteiger partial charge is 0.361 e. The van der Waals surface area contributed by atoms with Crippen molar-refractivity contribution in [2.24, 2.45) is 0 Å². The summed E-state index contributed by atoms with van der Waals surface area (Å²) in [6, 6.07) is 21.1. The number of aryl methyl sites for hydroxylation is 1. The van der Waals surface area contributed by atoms with E-state index in [4.69, 9.17) is 19.2 Å². The van der Waals surface area contributed by atoms with E-state index in [9.17, 15) is 9.59 Å². The van der Waals surface area contributed by atoms with Crippen molar-refractivity contribution >= 4 is 65.9 Å². The molecule has 0 saturated heterocycles. The fourth-order valence-electron chi connectivity index (χ4n) is 4.78. The number of aromatic amines is 1. The SMILES string of the molecule is Cc1[nH]c2ccc(OCc3nc4ccccc4s3)cc2c1C(C(=O)OOCc1nc2ccccc2s1)C(=O)OC(C)(C)C. The van der Waals surface area contributed by atoms with Crippen LogP contribution in [0.1, 0.15) is 48.0 Å². The number of aromatic nitrogens is 3. The molecule has 3 heterocycles. The molecule has 0 spiro atoms. The molecule has 0 aliphatic heterocycles. The predicted molar refractivity (Wildman–Crippen MR) is 166 cm³/mol. The molecule has 0 saturated carbocycles. The van der Waals surface area contributed by atoms with Crippen LogP contribution in [0.5, 0.6) is 5.75 Å². The van der Waals surface area contributed by atoms with Gasteiger partial charge in [-0.25, -0.2) is 14.8 Å². The van der Waals surface area contributed by atoms with Crippen LogP contribution in [0.2, 0.25) is 0 Å². The van der Waals surface area contributed by atoms with E-state index >= 15 is 0 Å². The van der Waals surface area contributed by atoms with Crippen LogP contribution in [0.25, 0.3) is 31.3 Å². The first kappa shape index (κ1) is 28.8. The van der Waals surface area contributed by atoms with Crippen LogP contribution >= 0.6 is 22.7 Å². The van der Waals surface area contributed by atoms with E-state index in [1.54, 1.807) is 45.1 Å². The maximum atomic E-state index is 13.5. The fourth-order valence-corrected chi connectivity index (χ4v) is 6.53. The van der Waals surface area contributed by atoms with Crippen LogP contribution < -0.4 is 4.74 Å². The van der Waals surface area contributed by atoms with Crippen molar-refractivity contribution in [1.29, 1.82) is 0 Å².